The smallest absolute Gasteiger partial charge is 0.00793 e. The number of rotatable bonds is 10. The van der Waals surface area contributed by atoms with Crippen LogP contribution in [0.5, 0.6) is 0 Å². The van der Waals surface area contributed by atoms with E-state index in [1.165, 1.54) is 49.7 Å². The van der Waals surface area contributed by atoms with Crippen LogP contribution in [-0.4, -0.2) is 6.04 Å². The first-order valence-electron chi connectivity index (χ1n) is 8.48. The van der Waals surface area contributed by atoms with Crippen LogP contribution in [0, 0.1) is 0 Å². The van der Waals surface area contributed by atoms with Gasteiger partial charge in [-0.1, -0.05) is 83.6 Å². The Bertz CT molecular complexity index is 339. The molecule has 0 amide bonds. The van der Waals surface area contributed by atoms with E-state index >= 15 is 0 Å². The molecule has 0 spiro atoms. The molecule has 0 radical (unpaired) electrons. The Morgan fingerprint density at radius 2 is 1.50 bits per heavy atom. The molecule has 0 saturated carbocycles. The van der Waals surface area contributed by atoms with Gasteiger partial charge in [0.05, 0.1) is 0 Å². The lowest BCUT2D eigenvalue weighted by molar-refractivity contribution is 0.532. The monoisotopic (exact) mass is 275 g/mol. The summed E-state index contributed by atoms with van der Waals surface area (Å²) in [5, 5.41) is 0. The third-order valence-corrected chi connectivity index (χ3v) is 4.07. The van der Waals surface area contributed by atoms with Crippen molar-refractivity contribution in [1.82, 2.24) is 0 Å². The summed E-state index contributed by atoms with van der Waals surface area (Å²) < 4.78 is 0. The van der Waals surface area contributed by atoms with Gasteiger partial charge in [0.25, 0.3) is 0 Å². The van der Waals surface area contributed by atoms with Crippen molar-refractivity contribution in [2.75, 3.05) is 0 Å². The Hall–Kier alpha value is -0.820. The van der Waals surface area contributed by atoms with Gasteiger partial charge in [0, 0.05) is 6.04 Å². The van der Waals surface area contributed by atoms with Crippen LogP contribution in [0.1, 0.15) is 82.8 Å². The standard InChI is InChI=1S/C19H33N/c1-4-5-6-7-8-9-10-19(20)15-17-11-13-18(14-12-17)16(2)3/h11-14,16,19H,4-10,15,20H2,1-3H3. The molecular weight excluding hydrogens is 242 g/mol. The van der Waals surface area contributed by atoms with Crippen LogP contribution < -0.4 is 5.73 Å². The first-order valence-corrected chi connectivity index (χ1v) is 8.48. The Labute approximate surface area is 126 Å². The van der Waals surface area contributed by atoms with E-state index in [0.717, 1.165) is 12.8 Å². The van der Waals surface area contributed by atoms with Crippen molar-refractivity contribution < 1.29 is 0 Å². The second-order valence-electron chi connectivity index (χ2n) is 6.42. The van der Waals surface area contributed by atoms with Crippen LogP contribution in [0.15, 0.2) is 24.3 Å². The number of nitrogens with two attached hydrogens (primary N) is 1. The molecule has 0 bridgehead atoms. The van der Waals surface area contributed by atoms with Gasteiger partial charge >= 0.3 is 0 Å². The van der Waals surface area contributed by atoms with Gasteiger partial charge in [-0.05, 0) is 29.9 Å². The molecule has 1 rings (SSSR count). The van der Waals surface area contributed by atoms with Crippen molar-refractivity contribution in [2.24, 2.45) is 5.73 Å². The summed E-state index contributed by atoms with van der Waals surface area (Å²) in [6.07, 6.45) is 10.3. The molecule has 1 heteroatoms. The second kappa shape index (κ2) is 9.99. The third-order valence-electron chi connectivity index (χ3n) is 4.07. The fourth-order valence-electron chi connectivity index (χ4n) is 2.63. The summed E-state index contributed by atoms with van der Waals surface area (Å²) >= 11 is 0. The maximum absolute atomic E-state index is 6.24. The van der Waals surface area contributed by atoms with E-state index in [4.69, 9.17) is 5.73 Å². The van der Waals surface area contributed by atoms with Crippen molar-refractivity contribution in [1.29, 1.82) is 0 Å². The molecule has 0 aliphatic carbocycles. The van der Waals surface area contributed by atoms with Gasteiger partial charge in [-0.25, -0.2) is 0 Å². The minimum atomic E-state index is 0.325. The maximum atomic E-state index is 6.24. The highest BCUT2D eigenvalue weighted by molar-refractivity contribution is 5.25. The molecule has 0 saturated heterocycles. The molecule has 0 fully saturated rings. The minimum Gasteiger partial charge on any atom is -0.327 e. The fraction of sp³-hybridized carbons (Fsp3) is 0.684. The van der Waals surface area contributed by atoms with E-state index in [9.17, 15) is 0 Å². The summed E-state index contributed by atoms with van der Waals surface area (Å²) in [7, 11) is 0. The Morgan fingerprint density at radius 3 is 2.10 bits per heavy atom. The van der Waals surface area contributed by atoms with Crippen LogP contribution in [0.3, 0.4) is 0 Å². The van der Waals surface area contributed by atoms with E-state index in [0.29, 0.717) is 12.0 Å². The molecule has 1 atom stereocenters. The highest BCUT2D eigenvalue weighted by atomic mass is 14.6. The molecular formula is C19H33N. The molecule has 1 aromatic carbocycles. The van der Waals surface area contributed by atoms with E-state index in [1.54, 1.807) is 0 Å². The minimum absolute atomic E-state index is 0.325. The molecule has 114 valence electrons. The van der Waals surface area contributed by atoms with Crippen molar-refractivity contribution in [3.8, 4) is 0 Å². The number of hydrogen-bond donors (Lipinski definition) is 1. The zero-order valence-electron chi connectivity index (χ0n) is 13.7. The number of unbranched alkanes of at least 4 members (excludes halogenated alkanes) is 5. The van der Waals surface area contributed by atoms with Gasteiger partial charge in [-0.2, -0.15) is 0 Å². The molecule has 0 aromatic heterocycles. The van der Waals surface area contributed by atoms with Crippen LogP contribution in [-0.2, 0) is 6.42 Å². The molecule has 20 heavy (non-hydrogen) atoms. The lowest BCUT2D eigenvalue weighted by atomic mass is 9.97. The third kappa shape index (κ3) is 7.09. The van der Waals surface area contributed by atoms with Gasteiger partial charge in [0.2, 0.25) is 0 Å². The van der Waals surface area contributed by atoms with E-state index in [-0.39, 0.29) is 0 Å². The normalized spacial score (nSPS) is 12.8. The highest BCUT2D eigenvalue weighted by Gasteiger charge is 2.05. The van der Waals surface area contributed by atoms with Gasteiger partial charge in [0.15, 0.2) is 0 Å². The molecule has 1 nitrogen and oxygen atoms in total. The van der Waals surface area contributed by atoms with Gasteiger partial charge in [-0.3, -0.25) is 0 Å². The largest absolute Gasteiger partial charge is 0.327 e. The highest BCUT2D eigenvalue weighted by Crippen LogP contribution is 2.16. The summed E-state index contributed by atoms with van der Waals surface area (Å²) in [5.74, 6) is 0.612. The molecule has 1 aromatic rings. The average Bonchev–Trinajstić information content (AvgIpc) is 2.43. The molecule has 0 aliphatic heterocycles. The maximum Gasteiger partial charge on any atom is 0.00793 e. The van der Waals surface area contributed by atoms with Crippen LogP contribution in [0.2, 0.25) is 0 Å². The Morgan fingerprint density at radius 1 is 0.900 bits per heavy atom. The van der Waals surface area contributed by atoms with E-state index < -0.39 is 0 Å². The van der Waals surface area contributed by atoms with Crippen LogP contribution in [0.4, 0.5) is 0 Å². The van der Waals surface area contributed by atoms with Crippen molar-refractivity contribution in [3.63, 3.8) is 0 Å². The summed E-state index contributed by atoms with van der Waals surface area (Å²) in [4.78, 5) is 0. The van der Waals surface area contributed by atoms with Crippen LogP contribution in [0.25, 0.3) is 0 Å². The summed E-state index contributed by atoms with van der Waals surface area (Å²) in [6, 6.07) is 9.31. The van der Waals surface area contributed by atoms with Crippen LogP contribution >= 0.6 is 0 Å². The summed E-state index contributed by atoms with van der Waals surface area (Å²) in [5.41, 5.74) is 9.04. The first kappa shape index (κ1) is 17.2. The predicted octanol–water partition coefficient (Wildman–Crippen LogP) is 5.43. The SMILES string of the molecule is CCCCCCCCC(N)Cc1ccc(C(C)C)cc1. The fourth-order valence-corrected chi connectivity index (χ4v) is 2.63. The first-order chi connectivity index (χ1) is 9.63. The zero-order chi connectivity index (χ0) is 14.8. The van der Waals surface area contributed by atoms with Crippen molar-refractivity contribution in [3.05, 3.63) is 35.4 Å². The average molecular weight is 275 g/mol. The van der Waals surface area contributed by atoms with Crippen molar-refractivity contribution >= 4 is 0 Å². The van der Waals surface area contributed by atoms with E-state index in [1.807, 2.05) is 0 Å². The lowest BCUT2D eigenvalue weighted by Gasteiger charge is -2.12. The Balaban J connectivity index is 2.19. The molecule has 1 unspecified atom stereocenters. The Kier molecular flexibility index (Phi) is 8.60. The van der Waals surface area contributed by atoms with Gasteiger partial charge in [-0.15, -0.1) is 0 Å². The van der Waals surface area contributed by atoms with E-state index in [2.05, 4.69) is 45.0 Å². The zero-order valence-corrected chi connectivity index (χ0v) is 13.7. The number of benzene rings is 1. The quantitative estimate of drug-likeness (QED) is 0.566. The molecule has 2 N–H and O–H groups in total. The van der Waals surface area contributed by atoms with Gasteiger partial charge in [0.1, 0.15) is 0 Å². The molecule has 0 aliphatic rings. The van der Waals surface area contributed by atoms with Gasteiger partial charge < -0.3 is 5.73 Å². The van der Waals surface area contributed by atoms with Crippen molar-refractivity contribution in [2.45, 2.75) is 84.1 Å². The summed E-state index contributed by atoms with van der Waals surface area (Å²) in [6.45, 7) is 6.74. The predicted molar refractivity (Wildman–Crippen MR) is 90.2 cm³/mol. The second-order valence-corrected chi connectivity index (χ2v) is 6.42. The lowest BCUT2D eigenvalue weighted by Crippen LogP contribution is -2.22. The topological polar surface area (TPSA) is 26.0 Å². The molecule has 0 heterocycles. The number of hydrogen-bond acceptors (Lipinski definition) is 1.